The summed E-state index contributed by atoms with van der Waals surface area (Å²) in [4.78, 5) is 0. The van der Waals surface area contributed by atoms with Crippen LogP contribution in [-0.4, -0.2) is 19.7 Å². The average molecular weight is 231 g/mol. The van der Waals surface area contributed by atoms with Crippen molar-refractivity contribution in [2.45, 2.75) is 31.9 Å². The molecular formula is C15H21NO. The van der Waals surface area contributed by atoms with E-state index in [1.54, 1.807) is 7.11 Å². The van der Waals surface area contributed by atoms with Crippen LogP contribution in [0.4, 0.5) is 0 Å². The molecule has 1 N–H and O–H groups in total. The van der Waals surface area contributed by atoms with E-state index in [1.807, 2.05) is 18.2 Å². The van der Waals surface area contributed by atoms with E-state index in [0.29, 0.717) is 0 Å². The standard InChI is InChI=1S/C15H21NO/c1-4-6-12-14(16-5-2)15(17-3)13-10-8-7-9-11-13/h1,7-11,14-16H,5-6,12H2,2-3H3. The van der Waals surface area contributed by atoms with Crippen molar-refractivity contribution in [2.75, 3.05) is 13.7 Å². The van der Waals surface area contributed by atoms with E-state index in [-0.39, 0.29) is 12.1 Å². The average Bonchev–Trinajstić information content (AvgIpc) is 2.38. The van der Waals surface area contributed by atoms with Gasteiger partial charge in [-0.15, -0.1) is 12.3 Å². The zero-order chi connectivity index (χ0) is 12.5. The zero-order valence-corrected chi connectivity index (χ0v) is 10.6. The molecule has 17 heavy (non-hydrogen) atoms. The summed E-state index contributed by atoms with van der Waals surface area (Å²) in [7, 11) is 1.75. The number of likely N-dealkylation sites (N-methyl/N-ethyl adjacent to an activating group) is 1. The molecule has 0 saturated carbocycles. The van der Waals surface area contributed by atoms with Gasteiger partial charge < -0.3 is 10.1 Å². The molecule has 1 rings (SSSR count). The van der Waals surface area contributed by atoms with Crippen molar-refractivity contribution in [3.05, 3.63) is 35.9 Å². The quantitative estimate of drug-likeness (QED) is 0.729. The zero-order valence-electron chi connectivity index (χ0n) is 10.6. The first-order valence-corrected chi connectivity index (χ1v) is 6.08. The Morgan fingerprint density at radius 1 is 1.35 bits per heavy atom. The molecule has 1 aromatic rings. The van der Waals surface area contributed by atoms with E-state index >= 15 is 0 Å². The third-order valence-corrected chi connectivity index (χ3v) is 2.81. The summed E-state index contributed by atoms with van der Waals surface area (Å²) in [5.41, 5.74) is 1.19. The second-order valence-electron chi connectivity index (χ2n) is 3.97. The molecule has 0 bridgehead atoms. The van der Waals surface area contributed by atoms with Gasteiger partial charge in [-0.05, 0) is 18.5 Å². The minimum absolute atomic E-state index is 0.0597. The minimum atomic E-state index is 0.0597. The van der Waals surface area contributed by atoms with Gasteiger partial charge in [-0.3, -0.25) is 0 Å². The Balaban J connectivity index is 2.78. The van der Waals surface area contributed by atoms with E-state index < -0.39 is 0 Å². The monoisotopic (exact) mass is 231 g/mol. The van der Waals surface area contributed by atoms with E-state index in [9.17, 15) is 0 Å². The van der Waals surface area contributed by atoms with E-state index in [0.717, 1.165) is 19.4 Å². The van der Waals surface area contributed by atoms with Crippen LogP contribution in [0.1, 0.15) is 31.4 Å². The van der Waals surface area contributed by atoms with Crippen molar-refractivity contribution in [3.63, 3.8) is 0 Å². The molecule has 2 heteroatoms. The van der Waals surface area contributed by atoms with Gasteiger partial charge in [0.2, 0.25) is 0 Å². The molecule has 0 heterocycles. The van der Waals surface area contributed by atoms with Crippen LogP contribution in [0.2, 0.25) is 0 Å². The Bertz CT molecular complexity index is 342. The highest BCUT2D eigenvalue weighted by Crippen LogP contribution is 2.23. The van der Waals surface area contributed by atoms with E-state index in [4.69, 9.17) is 11.2 Å². The number of ether oxygens (including phenoxy) is 1. The van der Waals surface area contributed by atoms with Gasteiger partial charge >= 0.3 is 0 Å². The van der Waals surface area contributed by atoms with Gasteiger partial charge in [0.25, 0.3) is 0 Å². The molecule has 92 valence electrons. The third kappa shape index (κ3) is 4.22. The fraction of sp³-hybridized carbons (Fsp3) is 0.467. The van der Waals surface area contributed by atoms with Crippen LogP contribution in [0.15, 0.2) is 30.3 Å². The lowest BCUT2D eigenvalue weighted by Crippen LogP contribution is -2.35. The molecule has 0 spiro atoms. The lowest BCUT2D eigenvalue weighted by atomic mass is 9.98. The number of nitrogens with one attached hydrogen (secondary N) is 1. The molecular weight excluding hydrogens is 210 g/mol. The van der Waals surface area contributed by atoms with Gasteiger partial charge in [-0.1, -0.05) is 37.3 Å². The molecule has 0 amide bonds. The summed E-state index contributed by atoms with van der Waals surface area (Å²) in [6, 6.07) is 10.5. The molecule has 1 aromatic carbocycles. The highest BCUT2D eigenvalue weighted by atomic mass is 16.5. The molecule has 0 fully saturated rings. The van der Waals surface area contributed by atoms with Gasteiger partial charge in [0.1, 0.15) is 0 Å². The Labute approximate surface area is 104 Å². The molecule has 0 aliphatic carbocycles. The number of terminal acetylenes is 1. The molecule has 0 saturated heterocycles. The van der Waals surface area contributed by atoms with Gasteiger partial charge in [0, 0.05) is 19.6 Å². The largest absolute Gasteiger partial charge is 0.375 e. The molecule has 0 aliphatic heterocycles. The van der Waals surface area contributed by atoms with Crippen LogP contribution < -0.4 is 5.32 Å². The Morgan fingerprint density at radius 3 is 2.59 bits per heavy atom. The second kappa shape index (κ2) is 7.89. The second-order valence-corrected chi connectivity index (χ2v) is 3.97. The smallest absolute Gasteiger partial charge is 0.0974 e. The Morgan fingerprint density at radius 2 is 2.06 bits per heavy atom. The normalized spacial score (nSPS) is 13.9. The van der Waals surface area contributed by atoms with Crippen molar-refractivity contribution >= 4 is 0 Å². The SMILES string of the molecule is C#CCCC(NCC)C(OC)c1ccccc1. The fourth-order valence-electron chi connectivity index (χ4n) is 2.04. The van der Waals surface area contributed by atoms with Crippen molar-refractivity contribution in [3.8, 4) is 12.3 Å². The molecule has 0 radical (unpaired) electrons. The fourth-order valence-corrected chi connectivity index (χ4v) is 2.04. The molecule has 2 atom stereocenters. The maximum atomic E-state index is 5.62. The molecule has 2 nitrogen and oxygen atoms in total. The molecule has 0 aliphatic rings. The minimum Gasteiger partial charge on any atom is -0.375 e. The number of benzene rings is 1. The van der Waals surface area contributed by atoms with E-state index in [1.165, 1.54) is 5.56 Å². The van der Waals surface area contributed by atoms with Gasteiger partial charge in [-0.25, -0.2) is 0 Å². The summed E-state index contributed by atoms with van der Waals surface area (Å²) in [6.45, 7) is 3.02. The van der Waals surface area contributed by atoms with Crippen LogP contribution in [0.25, 0.3) is 0 Å². The van der Waals surface area contributed by atoms with Crippen molar-refractivity contribution < 1.29 is 4.74 Å². The summed E-state index contributed by atoms with van der Waals surface area (Å²) in [5, 5.41) is 3.45. The summed E-state index contributed by atoms with van der Waals surface area (Å²) in [6.07, 6.45) is 7.09. The van der Waals surface area contributed by atoms with Crippen molar-refractivity contribution in [2.24, 2.45) is 0 Å². The Kier molecular flexibility index (Phi) is 6.39. The van der Waals surface area contributed by atoms with Crippen LogP contribution in [0, 0.1) is 12.3 Å². The lowest BCUT2D eigenvalue weighted by Gasteiger charge is -2.26. The number of hydrogen-bond acceptors (Lipinski definition) is 2. The van der Waals surface area contributed by atoms with Crippen molar-refractivity contribution in [1.29, 1.82) is 0 Å². The molecule has 0 aromatic heterocycles. The topological polar surface area (TPSA) is 21.3 Å². The Hall–Kier alpha value is -1.30. The highest BCUT2D eigenvalue weighted by Gasteiger charge is 2.21. The maximum absolute atomic E-state index is 5.62. The first kappa shape index (κ1) is 13.8. The van der Waals surface area contributed by atoms with Gasteiger partial charge in [-0.2, -0.15) is 0 Å². The molecule has 2 unspecified atom stereocenters. The van der Waals surface area contributed by atoms with Crippen LogP contribution in [0.3, 0.4) is 0 Å². The lowest BCUT2D eigenvalue weighted by molar-refractivity contribution is 0.0659. The third-order valence-electron chi connectivity index (χ3n) is 2.81. The number of rotatable bonds is 7. The first-order chi connectivity index (χ1) is 8.33. The summed E-state index contributed by atoms with van der Waals surface area (Å²) < 4.78 is 5.62. The van der Waals surface area contributed by atoms with Crippen LogP contribution in [-0.2, 0) is 4.74 Å². The first-order valence-electron chi connectivity index (χ1n) is 6.08. The predicted octanol–water partition coefficient (Wildman–Crippen LogP) is 2.77. The summed E-state index contributed by atoms with van der Waals surface area (Å²) >= 11 is 0. The maximum Gasteiger partial charge on any atom is 0.0974 e. The van der Waals surface area contributed by atoms with Crippen LogP contribution in [0.5, 0.6) is 0 Å². The summed E-state index contributed by atoms with van der Waals surface area (Å²) in [5.74, 6) is 2.69. The van der Waals surface area contributed by atoms with Crippen LogP contribution >= 0.6 is 0 Å². The van der Waals surface area contributed by atoms with Gasteiger partial charge in [0.15, 0.2) is 0 Å². The predicted molar refractivity (Wildman–Crippen MR) is 71.7 cm³/mol. The van der Waals surface area contributed by atoms with Crippen molar-refractivity contribution in [1.82, 2.24) is 5.32 Å². The number of hydrogen-bond donors (Lipinski definition) is 1. The van der Waals surface area contributed by atoms with Gasteiger partial charge in [0.05, 0.1) is 6.10 Å². The van der Waals surface area contributed by atoms with E-state index in [2.05, 4.69) is 30.3 Å². The highest BCUT2D eigenvalue weighted by molar-refractivity contribution is 5.19. The number of methoxy groups -OCH3 is 1.